The van der Waals surface area contributed by atoms with Crippen molar-refractivity contribution in [1.29, 1.82) is 0 Å². The van der Waals surface area contributed by atoms with Gasteiger partial charge in [0.05, 0.1) is 23.3 Å². The molecule has 0 fully saturated rings. The second-order valence-electron chi connectivity index (χ2n) is 8.36. The van der Waals surface area contributed by atoms with Gasteiger partial charge in [0.2, 0.25) is 0 Å². The standard InChI is InChI=1S/C26H31N3O4S/c1-5-13-27-24(31)19-9-12-21-22(14-19)28-26(29(25(21)32)15-17(3)4)34-16-23(30)18-7-10-20(11-8-18)33-6-2/h7-12,14,17H,5-6,13,15-16H2,1-4H3,(H,27,31). The molecule has 2 aromatic carbocycles. The number of hydrogen-bond acceptors (Lipinski definition) is 6. The van der Waals surface area contributed by atoms with Crippen LogP contribution in [0.5, 0.6) is 5.75 Å². The summed E-state index contributed by atoms with van der Waals surface area (Å²) >= 11 is 1.23. The summed E-state index contributed by atoms with van der Waals surface area (Å²) < 4.78 is 7.06. The molecule has 7 nitrogen and oxygen atoms in total. The highest BCUT2D eigenvalue weighted by atomic mass is 32.2. The summed E-state index contributed by atoms with van der Waals surface area (Å²) in [5.41, 5.74) is 1.31. The van der Waals surface area contributed by atoms with Crippen molar-refractivity contribution in [2.45, 2.75) is 45.8 Å². The molecule has 0 aliphatic heterocycles. The van der Waals surface area contributed by atoms with Crippen molar-refractivity contribution in [2.24, 2.45) is 5.92 Å². The molecular formula is C26H31N3O4S. The van der Waals surface area contributed by atoms with Crippen molar-refractivity contribution < 1.29 is 14.3 Å². The summed E-state index contributed by atoms with van der Waals surface area (Å²) in [5, 5.41) is 3.76. The van der Waals surface area contributed by atoms with Crippen LogP contribution in [0.4, 0.5) is 0 Å². The summed E-state index contributed by atoms with van der Waals surface area (Å²) in [6.45, 7) is 9.57. The van der Waals surface area contributed by atoms with Gasteiger partial charge in [-0.1, -0.05) is 32.5 Å². The lowest BCUT2D eigenvalue weighted by Crippen LogP contribution is -2.27. The topological polar surface area (TPSA) is 90.3 Å². The lowest BCUT2D eigenvalue weighted by atomic mass is 10.1. The molecule has 0 unspecified atom stereocenters. The summed E-state index contributed by atoms with van der Waals surface area (Å²) in [5.74, 6) is 0.813. The smallest absolute Gasteiger partial charge is 0.262 e. The molecule has 1 heterocycles. The van der Waals surface area contributed by atoms with E-state index in [2.05, 4.69) is 5.32 Å². The van der Waals surface area contributed by atoms with Gasteiger partial charge in [0, 0.05) is 24.2 Å². The second kappa shape index (κ2) is 11.8. The van der Waals surface area contributed by atoms with Crippen LogP contribution in [0.2, 0.25) is 0 Å². The zero-order chi connectivity index (χ0) is 24.7. The number of carbonyl (C=O) groups excluding carboxylic acids is 2. The first-order valence-corrected chi connectivity index (χ1v) is 12.5. The zero-order valence-electron chi connectivity index (χ0n) is 20.1. The van der Waals surface area contributed by atoms with Crippen molar-refractivity contribution in [2.75, 3.05) is 18.9 Å². The Morgan fingerprint density at radius 1 is 1.09 bits per heavy atom. The molecule has 0 bridgehead atoms. The molecule has 1 N–H and O–H groups in total. The first kappa shape index (κ1) is 25.5. The van der Waals surface area contributed by atoms with Gasteiger partial charge in [-0.25, -0.2) is 4.98 Å². The van der Waals surface area contributed by atoms with Gasteiger partial charge in [-0.15, -0.1) is 0 Å². The third-order valence-electron chi connectivity index (χ3n) is 5.09. The molecule has 180 valence electrons. The van der Waals surface area contributed by atoms with Crippen LogP contribution in [0.3, 0.4) is 0 Å². The molecule has 0 aliphatic rings. The predicted octanol–water partition coefficient (Wildman–Crippen LogP) is 4.57. The third kappa shape index (κ3) is 6.26. The molecule has 0 spiro atoms. The molecule has 0 atom stereocenters. The van der Waals surface area contributed by atoms with E-state index in [0.717, 1.165) is 6.42 Å². The van der Waals surface area contributed by atoms with Crippen molar-refractivity contribution >= 4 is 34.4 Å². The van der Waals surface area contributed by atoms with Gasteiger partial charge in [0.1, 0.15) is 5.75 Å². The minimum absolute atomic E-state index is 0.0637. The van der Waals surface area contributed by atoms with E-state index < -0.39 is 0 Å². The Kier molecular flexibility index (Phi) is 8.87. The van der Waals surface area contributed by atoms with Gasteiger partial charge < -0.3 is 10.1 Å². The Labute approximate surface area is 203 Å². The van der Waals surface area contributed by atoms with Gasteiger partial charge in [0.15, 0.2) is 10.9 Å². The SMILES string of the molecule is CCCNC(=O)c1ccc2c(=O)n(CC(C)C)c(SCC(=O)c3ccc(OCC)cc3)nc2c1. The molecule has 0 saturated heterocycles. The van der Waals surface area contributed by atoms with Gasteiger partial charge in [0.25, 0.3) is 11.5 Å². The van der Waals surface area contributed by atoms with E-state index in [1.165, 1.54) is 11.8 Å². The Bertz CT molecular complexity index is 1220. The molecule has 1 aromatic heterocycles. The first-order chi connectivity index (χ1) is 16.3. The maximum atomic E-state index is 13.3. The number of rotatable bonds is 11. The van der Waals surface area contributed by atoms with Crippen LogP contribution in [-0.4, -0.2) is 40.1 Å². The average Bonchev–Trinajstić information content (AvgIpc) is 2.83. The zero-order valence-corrected chi connectivity index (χ0v) is 20.9. The van der Waals surface area contributed by atoms with Crippen LogP contribution in [0, 0.1) is 5.92 Å². The summed E-state index contributed by atoms with van der Waals surface area (Å²) in [4.78, 5) is 43.1. The summed E-state index contributed by atoms with van der Waals surface area (Å²) in [7, 11) is 0. The number of fused-ring (bicyclic) bond motifs is 1. The average molecular weight is 482 g/mol. The van der Waals surface area contributed by atoms with Gasteiger partial charge in [-0.05, 0) is 61.7 Å². The van der Waals surface area contributed by atoms with E-state index in [1.807, 2.05) is 27.7 Å². The minimum atomic E-state index is -0.197. The van der Waals surface area contributed by atoms with Gasteiger partial charge >= 0.3 is 0 Å². The number of carbonyl (C=O) groups is 2. The van der Waals surface area contributed by atoms with Crippen LogP contribution < -0.4 is 15.6 Å². The van der Waals surface area contributed by atoms with Crippen molar-refractivity contribution in [1.82, 2.24) is 14.9 Å². The lowest BCUT2D eigenvalue weighted by molar-refractivity contribution is 0.0952. The molecule has 0 saturated carbocycles. The lowest BCUT2D eigenvalue weighted by Gasteiger charge is -2.15. The van der Waals surface area contributed by atoms with E-state index in [1.54, 1.807) is 47.0 Å². The molecule has 3 rings (SSSR count). The fraction of sp³-hybridized carbons (Fsp3) is 0.385. The Balaban J connectivity index is 1.90. The van der Waals surface area contributed by atoms with E-state index in [4.69, 9.17) is 9.72 Å². The number of benzene rings is 2. The number of ether oxygens (including phenoxy) is 1. The van der Waals surface area contributed by atoms with E-state index in [-0.39, 0.29) is 28.9 Å². The quantitative estimate of drug-likeness (QED) is 0.245. The van der Waals surface area contributed by atoms with Crippen LogP contribution in [0.1, 0.15) is 54.8 Å². The molecule has 3 aromatic rings. The maximum Gasteiger partial charge on any atom is 0.262 e. The van der Waals surface area contributed by atoms with Crippen LogP contribution in [0.15, 0.2) is 52.4 Å². The maximum absolute atomic E-state index is 13.3. The predicted molar refractivity (Wildman–Crippen MR) is 136 cm³/mol. The van der Waals surface area contributed by atoms with Crippen molar-refractivity contribution in [3.8, 4) is 5.75 Å². The second-order valence-corrected chi connectivity index (χ2v) is 9.30. The summed E-state index contributed by atoms with van der Waals surface area (Å²) in [6.07, 6.45) is 0.834. The first-order valence-electron chi connectivity index (χ1n) is 11.6. The normalized spacial score (nSPS) is 11.1. The number of nitrogens with zero attached hydrogens (tertiary/aromatic N) is 2. The third-order valence-corrected chi connectivity index (χ3v) is 6.06. The van der Waals surface area contributed by atoms with Crippen LogP contribution in [0.25, 0.3) is 10.9 Å². The Hall–Kier alpha value is -3.13. The monoisotopic (exact) mass is 481 g/mol. The van der Waals surface area contributed by atoms with Crippen molar-refractivity contribution in [3.05, 3.63) is 63.9 Å². The van der Waals surface area contributed by atoms with Crippen molar-refractivity contribution in [3.63, 3.8) is 0 Å². The highest BCUT2D eigenvalue weighted by Gasteiger charge is 2.17. The largest absolute Gasteiger partial charge is 0.494 e. The highest BCUT2D eigenvalue weighted by Crippen LogP contribution is 2.22. The fourth-order valence-corrected chi connectivity index (χ4v) is 4.34. The summed E-state index contributed by atoms with van der Waals surface area (Å²) in [6, 6.07) is 12.0. The number of ketones is 1. The minimum Gasteiger partial charge on any atom is -0.494 e. The number of Topliss-reactive ketones (excluding diaryl/α,β-unsaturated/α-hetero) is 1. The fourth-order valence-electron chi connectivity index (χ4n) is 3.44. The molecule has 8 heteroatoms. The number of hydrogen-bond donors (Lipinski definition) is 1. The van der Waals surface area contributed by atoms with Gasteiger partial charge in [-0.3, -0.25) is 19.0 Å². The number of thioether (sulfide) groups is 1. The molecule has 34 heavy (non-hydrogen) atoms. The number of aromatic nitrogens is 2. The molecule has 1 amide bonds. The van der Waals surface area contributed by atoms with E-state index in [0.29, 0.717) is 52.6 Å². The number of amides is 1. The van der Waals surface area contributed by atoms with E-state index in [9.17, 15) is 14.4 Å². The Morgan fingerprint density at radius 2 is 1.79 bits per heavy atom. The molecule has 0 radical (unpaired) electrons. The molecular weight excluding hydrogens is 450 g/mol. The molecule has 0 aliphatic carbocycles. The van der Waals surface area contributed by atoms with Gasteiger partial charge in [-0.2, -0.15) is 0 Å². The van der Waals surface area contributed by atoms with E-state index >= 15 is 0 Å². The Morgan fingerprint density at radius 3 is 2.44 bits per heavy atom. The number of nitrogens with one attached hydrogen (secondary N) is 1. The van der Waals surface area contributed by atoms with Crippen LogP contribution >= 0.6 is 11.8 Å². The highest BCUT2D eigenvalue weighted by molar-refractivity contribution is 7.99. The van der Waals surface area contributed by atoms with Crippen LogP contribution in [-0.2, 0) is 6.54 Å².